The molecule has 0 aliphatic heterocycles. The van der Waals surface area contributed by atoms with Crippen LogP contribution in [0.3, 0.4) is 0 Å². The van der Waals surface area contributed by atoms with Crippen LogP contribution >= 0.6 is 0 Å². The van der Waals surface area contributed by atoms with Crippen LogP contribution in [0.25, 0.3) is 21.8 Å². The topological polar surface area (TPSA) is 90.2 Å². The van der Waals surface area contributed by atoms with Gasteiger partial charge in [0.2, 0.25) is 5.91 Å². The van der Waals surface area contributed by atoms with Crippen molar-refractivity contribution in [1.82, 2.24) is 25.0 Å². The van der Waals surface area contributed by atoms with Gasteiger partial charge in [0.05, 0.1) is 29.7 Å². The van der Waals surface area contributed by atoms with E-state index in [9.17, 15) is 9.59 Å². The molecular formula is C22H29N5O3. The molecule has 8 heteroatoms. The molecule has 3 aromatic rings. The highest BCUT2D eigenvalue weighted by Crippen LogP contribution is 2.26. The van der Waals surface area contributed by atoms with Gasteiger partial charge in [0.25, 0.3) is 5.56 Å². The third kappa shape index (κ3) is 4.05. The van der Waals surface area contributed by atoms with Gasteiger partial charge in [-0.3, -0.25) is 14.3 Å². The number of carbonyl (C=O) groups excluding carboxylic acids is 1. The molecule has 30 heavy (non-hydrogen) atoms. The summed E-state index contributed by atoms with van der Waals surface area (Å²) in [7, 11) is 3.34. The van der Waals surface area contributed by atoms with E-state index in [1.54, 1.807) is 23.4 Å². The number of ether oxygens (including phenoxy) is 1. The lowest BCUT2D eigenvalue weighted by atomic mass is 9.95. The molecule has 2 aromatic heterocycles. The zero-order valence-corrected chi connectivity index (χ0v) is 17.6. The van der Waals surface area contributed by atoms with Crippen molar-refractivity contribution in [3.05, 3.63) is 34.7 Å². The smallest absolute Gasteiger partial charge is 0.261 e. The number of nitrogens with one attached hydrogen (secondary N) is 2. The Morgan fingerprint density at radius 1 is 1.20 bits per heavy atom. The lowest BCUT2D eigenvalue weighted by molar-refractivity contribution is -0.121. The molecule has 1 aromatic carbocycles. The SMILES string of the molecule is COc1ccc2c(c1)c1c(cnn1CC(=O)NCCNC1CCCCC1)c(=O)n2C. The average molecular weight is 412 g/mol. The first-order valence-electron chi connectivity index (χ1n) is 10.6. The minimum atomic E-state index is -0.133. The number of rotatable bonds is 7. The number of aromatic nitrogens is 3. The zero-order chi connectivity index (χ0) is 21.1. The van der Waals surface area contributed by atoms with Gasteiger partial charge in [-0.25, -0.2) is 0 Å². The Bertz CT molecular complexity index is 1110. The maximum absolute atomic E-state index is 12.7. The van der Waals surface area contributed by atoms with E-state index >= 15 is 0 Å². The number of hydrogen-bond donors (Lipinski definition) is 2. The van der Waals surface area contributed by atoms with Crippen LogP contribution in [-0.4, -0.2) is 46.5 Å². The van der Waals surface area contributed by atoms with Crippen LogP contribution in [0.5, 0.6) is 5.75 Å². The van der Waals surface area contributed by atoms with Crippen molar-refractivity contribution >= 4 is 27.7 Å². The van der Waals surface area contributed by atoms with Gasteiger partial charge in [-0.1, -0.05) is 19.3 Å². The van der Waals surface area contributed by atoms with Crippen molar-refractivity contribution in [2.75, 3.05) is 20.2 Å². The van der Waals surface area contributed by atoms with E-state index in [1.807, 2.05) is 18.2 Å². The van der Waals surface area contributed by atoms with E-state index in [0.717, 1.165) is 17.4 Å². The molecular weight excluding hydrogens is 382 g/mol. The summed E-state index contributed by atoms with van der Waals surface area (Å²) >= 11 is 0. The number of amides is 1. The Hall–Kier alpha value is -2.87. The quantitative estimate of drug-likeness (QED) is 0.580. The van der Waals surface area contributed by atoms with Crippen molar-refractivity contribution in [2.24, 2.45) is 7.05 Å². The van der Waals surface area contributed by atoms with Crippen molar-refractivity contribution < 1.29 is 9.53 Å². The van der Waals surface area contributed by atoms with Crippen LogP contribution in [0.15, 0.2) is 29.2 Å². The fourth-order valence-electron chi connectivity index (χ4n) is 4.34. The molecule has 1 amide bonds. The first-order chi connectivity index (χ1) is 14.6. The van der Waals surface area contributed by atoms with Crippen molar-refractivity contribution in [3.63, 3.8) is 0 Å². The van der Waals surface area contributed by atoms with Crippen LogP contribution in [0, 0.1) is 0 Å². The standard InChI is InChI=1S/C22H29N5O3/c1-26-19-9-8-16(30-2)12-17(19)21-18(22(26)29)13-25-27(21)14-20(28)24-11-10-23-15-6-4-3-5-7-15/h8-9,12-13,15,23H,3-7,10-11,14H2,1-2H3,(H,24,28). The summed E-state index contributed by atoms with van der Waals surface area (Å²) in [6.45, 7) is 1.40. The highest BCUT2D eigenvalue weighted by Gasteiger charge is 2.16. The predicted octanol–water partition coefficient (Wildman–Crippen LogP) is 1.94. The molecule has 2 N–H and O–H groups in total. The van der Waals surface area contributed by atoms with E-state index in [0.29, 0.717) is 29.2 Å². The molecule has 1 aliphatic rings. The molecule has 0 spiro atoms. The van der Waals surface area contributed by atoms with Crippen LogP contribution in [0.1, 0.15) is 32.1 Å². The molecule has 0 unspecified atom stereocenters. The van der Waals surface area contributed by atoms with Crippen LogP contribution in [0.4, 0.5) is 0 Å². The van der Waals surface area contributed by atoms with Crippen molar-refractivity contribution in [1.29, 1.82) is 0 Å². The molecule has 0 bridgehead atoms. The number of carbonyl (C=O) groups is 1. The highest BCUT2D eigenvalue weighted by molar-refractivity contribution is 6.04. The Morgan fingerprint density at radius 3 is 2.77 bits per heavy atom. The van der Waals surface area contributed by atoms with Crippen LogP contribution < -0.4 is 20.9 Å². The molecule has 4 rings (SSSR count). The minimum absolute atomic E-state index is 0.0619. The number of pyridine rings is 1. The van der Waals surface area contributed by atoms with Gasteiger partial charge in [0, 0.05) is 31.6 Å². The van der Waals surface area contributed by atoms with E-state index < -0.39 is 0 Å². The highest BCUT2D eigenvalue weighted by atomic mass is 16.5. The zero-order valence-electron chi connectivity index (χ0n) is 17.6. The summed E-state index contributed by atoms with van der Waals surface area (Å²) in [6.07, 6.45) is 7.88. The van der Waals surface area contributed by atoms with Gasteiger partial charge in [-0.05, 0) is 31.0 Å². The third-order valence-corrected chi connectivity index (χ3v) is 5.97. The normalized spacial score (nSPS) is 15.0. The number of nitrogens with zero attached hydrogens (tertiary/aromatic N) is 3. The molecule has 0 saturated heterocycles. The molecule has 0 radical (unpaired) electrons. The Balaban J connectivity index is 1.50. The molecule has 1 saturated carbocycles. The number of benzene rings is 1. The summed E-state index contributed by atoms with van der Waals surface area (Å²) < 4.78 is 8.55. The molecule has 160 valence electrons. The maximum atomic E-state index is 12.7. The minimum Gasteiger partial charge on any atom is -0.497 e. The number of fused-ring (bicyclic) bond motifs is 3. The van der Waals surface area contributed by atoms with E-state index in [-0.39, 0.29) is 18.0 Å². The predicted molar refractivity (Wildman–Crippen MR) is 117 cm³/mol. The maximum Gasteiger partial charge on any atom is 0.261 e. The van der Waals surface area contributed by atoms with E-state index in [2.05, 4.69) is 15.7 Å². The first-order valence-corrected chi connectivity index (χ1v) is 10.6. The van der Waals surface area contributed by atoms with Gasteiger partial charge in [0.1, 0.15) is 12.3 Å². The van der Waals surface area contributed by atoms with Crippen molar-refractivity contribution in [3.8, 4) is 5.75 Å². The summed E-state index contributed by atoms with van der Waals surface area (Å²) in [5, 5.41) is 12.1. The monoisotopic (exact) mass is 411 g/mol. The van der Waals surface area contributed by atoms with E-state index in [1.165, 1.54) is 38.3 Å². The number of aryl methyl sites for hydroxylation is 1. The van der Waals surface area contributed by atoms with Gasteiger partial charge in [-0.2, -0.15) is 5.10 Å². The molecule has 1 fully saturated rings. The summed E-state index contributed by atoms with van der Waals surface area (Å²) in [5.74, 6) is 0.565. The fourth-order valence-corrected chi connectivity index (χ4v) is 4.34. The van der Waals surface area contributed by atoms with E-state index in [4.69, 9.17) is 4.74 Å². The third-order valence-electron chi connectivity index (χ3n) is 5.97. The summed E-state index contributed by atoms with van der Waals surface area (Å²) in [4.78, 5) is 25.2. The second-order valence-corrected chi connectivity index (χ2v) is 7.95. The largest absolute Gasteiger partial charge is 0.497 e. The Kier molecular flexibility index (Phi) is 6.03. The lowest BCUT2D eigenvalue weighted by Gasteiger charge is -2.22. The second-order valence-electron chi connectivity index (χ2n) is 7.95. The van der Waals surface area contributed by atoms with Gasteiger partial charge in [0.15, 0.2) is 0 Å². The Morgan fingerprint density at radius 2 is 2.00 bits per heavy atom. The van der Waals surface area contributed by atoms with Crippen molar-refractivity contribution in [2.45, 2.75) is 44.7 Å². The number of hydrogen-bond acceptors (Lipinski definition) is 5. The van der Waals surface area contributed by atoms with Gasteiger partial charge < -0.3 is 19.9 Å². The molecule has 8 nitrogen and oxygen atoms in total. The fraction of sp³-hybridized carbons (Fsp3) is 0.500. The molecule has 2 heterocycles. The van der Waals surface area contributed by atoms with Gasteiger partial charge >= 0.3 is 0 Å². The Labute approximate surface area is 175 Å². The van der Waals surface area contributed by atoms with Crippen LogP contribution in [0.2, 0.25) is 0 Å². The average Bonchev–Trinajstić information content (AvgIpc) is 3.19. The summed E-state index contributed by atoms with van der Waals surface area (Å²) in [6, 6.07) is 6.12. The second kappa shape index (κ2) is 8.87. The van der Waals surface area contributed by atoms with Gasteiger partial charge in [-0.15, -0.1) is 0 Å². The van der Waals surface area contributed by atoms with Crippen LogP contribution in [-0.2, 0) is 18.4 Å². The first kappa shape index (κ1) is 20.4. The molecule has 0 atom stereocenters. The molecule has 1 aliphatic carbocycles. The number of methoxy groups -OCH3 is 1. The lowest BCUT2D eigenvalue weighted by Crippen LogP contribution is -2.38. The summed E-state index contributed by atoms with van der Waals surface area (Å²) in [5.41, 5.74) is 1.29.